The second-order valence-electron chi connectivity index (χ2n) is 6.63. The molecular weight excluding hydrogens is 306 g/mol. The summed E-state index contributed by atoms with van der Waals surface area (Å²) in [5, 5.41) is 9.80. The second-order valence-corrected chi connectivity index (χ2v) is 6.63. The van der Waals surface area contributed by atoms with Crippen molar-refractivity contribution in [3.8, 4) is 22.4 Å². The van der Waals surface area contributed by atoms with Crippen molar-refractivity contribution in [2.75, 3.05) is 19.0 Å². The SMILES string of the molecule is CN(C)c1ccc2c(-c3ccccc3)c3ccc(=N)cc-3n(C)c2c1. The van der Waals surface area contributed by atoms with Gasteiger partial charge in [0.1, 0.15) is 0 Å². The van der Waals surface area contributed by atoms with Crippen LogP contribution >= 0.6 is 0 Å². The maximum atomic E-state index is 8.05. The lowest BCUT2D eigenvalue weighted by Crippen LogP contribution is -2.11. The third kappa shape index (κ3) is 2.49. The molecule has 0 atom stereocenters. The lowest BCUT2D eigenvalue weighted by Gasteiger charge is -2.23. The highest BCUT2D eigenvalue weighted by Gasteiger charge is 2.17. The van der Waals surface area contributed by atoms with Gasteiger partial charge in [0.2, 0.25) is 0 Å². The molecule has 2 aromatic rings. The Hall–Kier alpha value is -3.07. The highest BCUT2D eigenvalue weighted by molar-refractivity contribution is 6.04. The zero-order chi connectivity index (χ0) is 17.6. The molecule has 0 saturated heterocycles. The van der Waals surface area contributed by atoms with E-state index in [1.165, 1.54) is 33.3 Å². The summed E-state index contributed by atoms with van der Waals surface area (Å²) in [6, 6.07) is 23.0. The van der Waals surface area contributed by atoms with Gasteiger partial charge in [-0.15, -0.1) is 0 Å². The van der Waals surface area contributed by atoms with E-state index in [0.717, 1.165) is 5.69 Å². The van der Waals surface area contributed by atoms with Gasteiger partial charge in [-0.25, -0.2) is 0 Å². The minimum absolute atomic E-state index is 0.533. The highest BCUT2D eigenvalue weighted by Crippen LogP contribution is 2.40. The molecule has 1 heterocycles. The molecular formula is C22H21N3. The van der Waals surface area contributed by atoms with Crippen LogP contribution in [0.5, 0.6) is 0 Å². The average Bonchev–Trinajstić information content (AvgIpc) is 2.63. The molecule has 2 aromatic carbocycles. The molecule has 25 heavy (non-hydrogen) atoms. The lowest BCUT2D eigenvalue weighted by atomic mass is 9.92. The minimum atomic E-state index is 0.533. The van der Waals surface area contributed by atoms with Gasteiger partial charge in [-0.3, -0.25) is 0 Å². The van der Waals surface area contributed by atoms with E-state index in [1.807, 2.05) is 18.2 Å². The van der Waals surface area contributed by atoms with Gasteiger partial charge in [0, 0.05) is 43.3 Å². The van der Waals surface area contributed by atoms with Crippen molar-refractivity contribution in [2.45, 2.75) is 0 Å². The Balaban J connectivity index is 2.21. The Morgan fingerprint density at radius 1 is 0.880 bits per heavy atom. The van der Waals surface area contributed by atoms with Crippen LogP contribution in [-0.2, 0) is 7.05 Å². The number of nitrogens with one attached hydrogen (secondary N) is 1. The molecule has 3 nitrogen and oxygen atoms in total. The maximum Gasteiger partial charge on any atom is 0.0561 e. The van der Waals surface area contributed by atoms with Crippen LogP contribution in [0, 0.1) is 5.41 Å². The van der Waals surface area contributed by atoms with Gasteiger partial charge >= 0.3 is 0 Å². The predicted octanol–water partition coefficient (Wildman–Crippen LogP) is 4.50. The van der Waals surface area contributed by atoms with Gasteiger partial charge < -0.3 is 14.9 Å². The standard InChI is InChI=1S/C22H21N3/c1-24(2)17-10-12-19-21(14-17)25(3)20-13-16(23)9-11-18(20)22(19)15-7-5-4-6-8-15/h4-14,23H,1-3H3. The number of pyridine rings is 1. The van der Waals surface area contributed by atoms with Gasteiger partial charge in [-0.05, 0) is 29.8 Å². The van der Waals surface area contributed by atoms with Crippen molar-refractivity contribution in [1.82, 2.24) is 4.57 Å². The van der Waals surface area contributed by atoms with Crippen molar-refractivity contribution >= 4 is 16.6 Å². The topological polar surface area (TPSA) is 32.0 Å². The molecule has 1 N–H and O–H groups in total. The number of nitrogens with zero attached hydrogens (tertiary/aromatic N) is 2. The first-order valence-electron chi connectivity index (χ1n) is 8.40. The number of aromatic nitrogens is 1. The largest absolute Gasteiger partial charge is 0.378 e. The summed E-state index contributed by atoms with van der Waals surface area (Å²) in [4.78, 5) is 2.12. The molecule has 0 radical (unpaired) electrons. The zero-order valence-electron chi connectivity index (χ0n) is 14.7. The van der Waals surface area contributed by atoms with Crippen LogP contribution in [0.1, 0.15) is 0 Å². The molecule has 0 bridgehead atoms. The fourth-order valence-corrected chi connectivity index (χ4v) is 3.50. The monoisotopic (exact) mass is 327 g/mol. The van der Waals surface area contributed by atoms with Gasteiger partial charge in [-0.2, -0.15) is 0 Å². The van der Waals surface area contributed by atoms with E-state index >= 15 is 0 Å². The minimum Gasteiger partial charge on any atom is -0.378 e. The van der Waals surface area contributed by atoms with Crippen LogP contribution in [0.25, 0.3) is 33.3 Å². The fraction of sp³-hybridized carbons (Fsp3) is 0.136. The van der Waals surface area contributed by atoms with Crippen molar-refractivity contribution < 1.29 is 0 Å². The molecule has 0 amide bonds. The van der Waals surface area contributed by atoms with Crippen LogP contribution < -0.4 is 10.3 Å². The second kappa shape index (κ2) is 5.78. The molecule has 0 saturated carbocycles. The molecule has 3 heteroatoms. The van der Waals surface area contributed by atoms with E-state index in [2.05, 4.69) is 79.1 Å². The molecule has 0 aromatic heterocycles. The quantitative estimate of drug-likeness (QED) is 0.540. The number of aryl methyl sites for hydroxylation is 1. The highest BCUT2D eigenvalue weighted by atomic mass is 15.1. The molecule has 1 aliphatic carbocycles. The lowest BCUT2D eigenvalue weighted by molar-refractivity contribution is 0.957. The number of hydrogen-bond donors (Lipinski definition) is 1. The Morgan fingerprint density at radius 3 is 2.36 bits per heavy atom. The zero-order valence-corrected chi connectivity index (χ0v) is 14.7. The van der Waals surface area contributed by atoms with Gasteiger partial charge in [0.15, 0.2) is 0 Å². The summed E-state index contributed by atoms with van der Waals surface area (Å²) in [6.45, 7) is 0. The van der Waals surface area contributed by atoms with E-state index in [-0.39, 0.29) is 0 Å². The summed E-state index contributed by atoms with van der Waals surface area (Å²) in [5.74, 6) is 0. The molecule has 4 rings (SSSR count). The fourth-order valence-electron chi connectivity index (χ4n) is 3.50. The van der Waals surface area contributed by atoms with E-state index in [4.69, 9.17) is 5.41 Å². The van der Waals surface area contributed by atoms with Crippen LogP contribution in [0.2, 0.25) is 0 Å². The van der Waals surface area contributed by atoms with Crippen molar-refractivity contribution in [3.63, 3.8) is 0 Å². The molecule has 1 aliphatic heterocycles. The molecule has 0 spiro atoms. The summed E-state index contributed by atoms with van der Waals surface area (Å²) < 4.78 is 2.20. The third-order valence-electron chi connectivity index (χ3n) is 4.82. The average molecular weight is 327 g/mol. The number of benzene rings is 3. The third-order valence-corrected chi connectivity index (χ3v) is 4.82. The van der Waals surface area contributed by atoms with Crippen molar-refractivity contribution in [1.29, 1.82) is 5.41 Å². The number of anilines is 1. The molecule has 124 valence electrons. The number of rotatable bonds is 2. The van der Waals surface area contributed by atoms with E-state index < -0.39 is 0 Å². The van der Waals surface area contributed by atoms with Crippen LogP contribution in [0.3, 0.4) is 0 Å². The van der Waals surface area contributed by atoms with Crippen LogP contribution in [0.4, 0.5) is 5.69 Å². The maximum absolute atomic E-state index is 8.05. The van der Waals surface area contributed by atoms with Gasteiger partial charge in [0.25, 0.3) is 0 Å². The first kappa shape index (κ1) is 15.5. The molecule has 0 unspecified atom stereocenters. The molecule has 2 aliphatic rings. The predicted molar refractivity (Wildman–Crippen MR) is 105 cm³/mol. The molecule has 0 fully saturated rings. The summed E-state index contributed by atoms with van der Waals surface area (Å²) in [6.07, 6.45) is 0. The Morgan fingerprint density at radius 2 is 1.64 bits per heavy atom. The first-order chi connectivity index (χ1) is 12.1. The van der Waals surface area contributed by atoms with Gasteiger partial charge in [-0.1, -0.05) is 42.5 Å². The van der Waals surface area contributed by atoms with Crippen molar-refractivity contribution in [3.05, 3.63) is 72.1 Å². The summed E-state index contributed by atoms with van der Waals surface area (Å²) >= 11 is 0. The Bertz CT molecular complexity index is 1090. The first-order valence-corrected chi connectivity index (χ1v) is 8.40. The van der Waals surface area contributed by atoms with E-state index in [9.17, 15) is 0 Å². The smallest absolute Gasteiger partial charge is 0.0561 e. The Labute approximate surface area is 147 Å². The van der Waals surface area contributed by atoms with Crippen LogP contribution in [-0.4, -0.2) is 18.7 Å². The van der Waals surface area contributed by atoms with Crippen molar-refractivity contribution in [2.24, 2.45) is 7.05 Å². The van der Waals surface area contributed by atoms with E-state index in [0.29, 0.717) is 5.36 Å². The number of hydrogen-bond acceptors (Lipinski definition) is 2. The number of fused-ring (bicyclic) bond motifs is 2. The Kier molecular flexibility index (Phi) is 3.57. The normalized spacial score (nSPS) is 11.2. The van der Waals surface area contributed by atoms with Crippen LogP contribution in [0.15, 0.2) is 66.7 Å². The summed E-state index contributed by atoms with van der Waals surface area (Å²) in [7, 11) is 6.20. The summed E-state index contributed by atoms with van der Waals surface area (Å²) in [5.41, 5.74) is 7.03. The van der Waals surface area contributed by atoms with Gasteiger partial charge in [0.05, 0.1) is 16.6 Å². The van der Waals surface area contributed by atoms with E-state index in [1.54, 1.807) is 0 Å².